The Bertz CT molecular complexity index is 490. The summed E-state index contributed by atoms with van der Waals surface area (Å²) in [6.45, 7) is 0. The Morgan fingerprint density at radius 1 is 0.938 bits per heavy atom. The van der Waals surface area contributed by atoms with E-state index >= 15 is 0 Å². The van der Waals surface area contributed by atoms with Crippen LogP contribution in [0.15, 0.2) is 54.6 Å². The summed E-state index contributed by atoms with van der Waals surface area (Å²) in [7, 11) is 0. The highest BCUT2D eigenvalue weighted by Gasteiger charge is 2.32. The number of fused-ring (bicyclic) bond motifs is 1. The van der Waals surface area contributed by atoms with Crippen LogP contribution >= 0.6 is 11.6 Å². The van der Waals surface area contributed by atoms with Gasteiger partial charge in [0.2, 0.25) is 0 Å². The second kappa shape index (κ2) is 3.95. The van der Waals surface area contributed by atoms with Crippen LogP contribution in [0.2, 0.25) is 0 Å². The molecule has 3 rings (SSSR count). The normalized spacial score (nSPS) is 19.7. The zero-order chi connectivity index (χ0) is 11.0. The summed E-state index contributed by atoms with van der Waals surface area (Å²) in [5.41, 5.74) is 4.10. The van der Waals surface area contributed by atoms with Gasteiger partial charge in [-0.05, 0) is 23.1 Å². The molecule has 1 aliphatic carbocycles. The van der Waals surface area contributed by atoms with Crippen LogP contribution in [-0.4, -0.2) is 0 Å². The standard InChI is InChI=1S/C15H13Cl/c16-15(11-6-2-1-3-7-11)14-10-12-8-4-5-9-13(12)14/h1-9,14-15H,10H2. The number of hydrogen-bond acceptors (Lipinski definition) is 0. The zero-order valence-corrected chi connectivity index (χ0v) is 9.69. The van der Waals surface area contributed by atoms with Crippen molar-refractivity contribution in [2.24, 2.45) is 0 Å². The minimum Gasteiger partial charge on any atom is -0.117 e. The molecular weight excluding hydrogens is 216 g/mol. The summed E-state index contributed by atoms with van der Waals surface area (Å²) in [5.74, 6) is 0.486. The smallest absolute Gasteiger partial charge is 0.0657 e. The SMILES string of the molecule is ClC(c1ccccc1)C1Cc2ccccc21. The number of halogens is 1. The second-order valence-corrected chi connectivity index (χ2v) is 4.79. The molecule has 1 aliphatic rings. The van der Waals surface area contributed by atoms with Gasteiger partial charge in [0.25, 0.3) is 0 Å². The van der Waals surface area contributed by atoms with Crippen LogP contribution in [0.3, 0.4) is 0 Å². The average Bonchev–Trinajstić information content (AvgIpc) is 2.32. The number of rotatable bonds is 2. The first kappa shape index (κ1) is 9.92. The van der Waals surface area contributed by atoms with Crippen molar-refractivity contribution in [3.8, 4) is 0 Å². The molecule has 0 amide bonds. The summed E-state index contributed by atoms with van der Waals surface area (Å²) in [6.07, 6.45) is 1.11. The first-order chi connectivity index (χ1) is 7.86. The van der Waals surface area contributed by atoms with Crippen LogP contribution in [-0.2, 0) is 6.42 Å². The predicted molar refractivity (Wildman–Crippen MR) is 67.9 cm³/mol. The molecule has 0 spiro atoms. The third-order valence-corrected chi connectivity index (χ3v) is 3.92. The summed E-state index contributed by atoms with van der Waals surface area (Å²) in [5, 5.41) is 0.107. The number of hydrogen-bond donors (Lipinski definition) is 0. The maximum absolute atomic E-state index is 6.54. The van der Waals surface area contributed by atoms with Gasteiger partial charge in [-0.2, -0.15) is 0 Å². The van der Waals surface area contributed by atoms with Gasteiger partial charge in [0.1, 0.15) is 0 Å². The molecule has 16 heavy (non-hydrogen) atoms. The lowest BCUT2D eigenvalue weighted by molar-refractivity contribution is 0.587. The molecule has 0 bridgehead atoms. The Kier molecular flexibility index (Phi) is 2.45. The lowest BCUT2D eigenvalue weighted by Gasteiger charge is -2.33. The van der Waals surface area contributed by atoms with Gasteiger partial charge in [0.05, 0.1) is 5.38 Å². The number of alkyl halides is 1. The first-order valence-corrected chi connectivity index (χ1v) is 6.07. The molecule has 0 fully saturated rings. The van der Waals surface area contributed by atoms with Gasteiger partial charge in [-0.3, -0.25) is 0 Å². The lowest BCUT2D eigenvalue weighted by Crippen LogP contribution is -2.20. The van der Waals surface area contributed by atoms with Crippen LogP contribution in [0.5, 0.6) is 0 Å². The van der Waals surface area contributed by atoms with Crippen molar-refractivity contribution in [2.45, 2.75) is 17.7 Å². The van der Waals surface area contributed by atoms with Crippen molar-refractivity contribution >= 4 is 11.6 Å². The largest absolute Gasteiger partial charge is 0.117 e. The minimum absolute atomic E-state index is 0.107. The summed E-state index contributed by atoms with van der Waals surface area (Å²) >= 11 is 6.54. The molecule has 1 heteroatoms. The van der Waals surface area contributed by atoms with E-state index in [0.29, 0.717) is 5.92 Å². The van der Waals surface area contributed by atoms with Crippen molar-refractivity contribution in [3.05, 3.63) is 71.3 Å². The fourth-order valence-corrected chi connectivity index (χ4v) is 2.80. The van der Waals surface area contributed by atoms with Gasteiger partial charge in [-0.1, -0.05) is 54.6 Å². The van der Waals surface area contributed by atoms with E-state index in [2.05, 4.69) is 48.5 Å². The van der Waals surface area contributed by atoms with E-state index in [1.807, 2.05) is 6.07 Å². The lowest BCUT2D eigenvalue weighted by atomic mass is 9.74. The van der Waals surface area contributed by atoms with Crippen molar-refractivity contribution in [3.63, 3.8) is 0 Å². The number of benzene rings is 2. The Labute approximate surface area is 101 Å². The first-order valence-electron chi connectivity index (χ1n) is 5.63. The van der Waals surface area contributed by atoms with Crippen molar-refractivity contribution in [1.82, 2.24) is 0 Å². The van der Waals surface area contributed by atoms with E-state index in [4.69, 9.17) is 11.6 Å². The van der Waals surface area contributed by atoms with E-state index in [9.17, 15) is 0 Å². The van der Waals surface area contributed by atoms with Gasteiger partial charge in [0.15, 0.2) is 0 Å². The van der Waals surface area contributed by atoms with Gasteiger partial charge in [0, 0.05) is 5.92 Å². The summed E-state index contributed by atoms with van der Waals surface area (Å²) in [6, 6.07) is 18.9. The van der Waals surface area contributed by atoms with Crippen molar-refractivity contribution < 1.29 is 0 Å². The Morgan fingerprint density at radius 2 is 1.62 bits per heavy atom. The summed E-state index contributed by atoms with van der Waals surface area (Å²) in [4.78, 5) is 0. The maximum Gasteiger partial charge on any atom is 0.0657 e. The highest BCUT2D eigenvalue weighted by molar-refractivity contribution is 6.21. The average molecular weight is 229 g/mol. The molecule has 0 nitrogen and oxygen atoms in total. The quantitative estimate of drug-likeness (QED) is 0.672. The van der Waals surface area contributed by atoms with Crippen LogP contribution in [0, 0.1) is 0 Å². The third kappa shape index (κ3) is 1.54. The van der Waals surface area contributed by atoms with E-state index < -0.39 is 0 Å². The second-order valence-electron chi connectivity index (χ2n) is 4.32. The monoisotopic (exact) mass is 228 g/mol. The molecule has 2 aromatic carbocycles. The van der Waals surface area contributed by atoms with Gasteiger partial charge in [-0.15, -0.1) is 11.6 Å². The zero-order valence-electron chi connectivity index (χ0n) is 8.94. The maximum atomic E-state index is 6.54. The molecule has 80 valence electrons. The van der Waals surface area contributed by atoms with E-state index in [1.54, 1.807) is 0 Å². The molecule has 0 N–H and O–H groups in total. The molecule has 0 aliphatic heterocycles. The van der Waals surface area contributed by atoms with E-state index in [-0.39, 0.29) is 5.38 Å². The fraction of sp³-hybridized carbons (Fsp3) is 0.200. The van der Waals surface area contributed by atoms with Crippen molar-refractivity contribution in [2.75, 3.05) is 0 Å². The van der Waals surface area contributed by atoms with Gasteiger partial charge < -0.3 is 0 Å². The molecule has 0 saturated heterocycles. The van der Waals surface area contributed by atoms with Crippen LogP contribution < -0.4 is 0 Å². The molecule has 2 aromatic rings. The predicted octanol–water partition coefficient (Wildman–Crippen LogP) is 4.31. The topological polar surface area (TPSA) is 0 Å². The van der Waals surface area contributed by atoms with E-state index in [1.165, 1.54) is 16.7 Å². The van der Waals surface area contributed by atoms with Crippen LogP contribution in [0.25, 0.3) is 0 Å². The third-order valence-electron chi connectivity index (χ3n) is 3.37. The molecule has 2 atom stereocenters. The Morgan fingerprint density at radius 3 is 2.38 bits per heavy atom. The Balaban J connectivity index is 1.87. The van der Waals surface area contributed by atoms with Gasteiger partial charge in [-0.25, -0.2) is 0 Å². The Hall–Kier alpha value is -1.27. The highest BCUT2D eigenvalue weighted by Crippen LogP contribution is 2.46. The fourth-order valence-electron chi connectivity index (χ4n) is 2.43. The van der Waals surface area contributed by atoms with Gasteiger partial charge >= 0.3 is 0 Å². The molecule has 0 heterocycles. The van der Waals surface area contributed by atoms with Crippen LogP contribution in [0.4, 0.5) is 0 Å². The minimum atomic E-state index is 0.107. The molecule has 0 aromatic heterocycles. The van der Waals surface area contributed by atoms with Crippen molar-refractivity contribution in [1.29, 1.82) is 0 Å². The highest BCUT2D eigenvalue weighted by atomic mass is 35.5. The van der Waals surface area contributed by atoms with E-state index in [0.717, 1.165) is 6.42 Å². The molecule has 0 saturated carbocycles. The molecule has 0 radical (unpaired) electrons. The summed E-state index contributed by atoms with van der Waals surface area (Å²) < 4.78 is 0. The van der Waals surface area contributed by atoms with Crippen LogP contribution in [0.1, 0.15) is 28.0 Å². The molecular formula is C15H13Cl. The molecule has 2 unspecified atom stereocenters.